The highest BCUT2D eigenvalue weighted by Crippen LogP contribution is 2.42. The molecule has 4 rings (SSSR count). The lowest BCUT2D eigenvalue weighted by Crippen LogP contribution is -2.51. The first-order chi connectivity index (χ1) is 18.8. The van der Waals surface area contributed by atoms with Crippen LogP contribution >= 0.6 is 23.4 Å². The zero-order valence-corrected chi connectivity index (χ0v) is 23.5. The quantitative estimate of drug-likeness (QED) is 0.340. The average molecular weight is 599 g/mol. The molecule has 1 amide bonds. The highest BCUT2D eigenvalue weighted by Gasteiger charge is 2.31. The van der Waals surface area contributed by atoms with Crippen molar-refractivity contribution < 1.29 is 28.2 Å². The van der Waals surface area contributed by atoms with Crippen LogP contribution in [-0.4, -0.2) is 101 Å². The number of amides is 1. The smallest absolute Gasteiger partial charge is 0.416 e. The number of piperazine rings is 1. The van der Waals surface area contributed by atoms with Crippen LogP contribution in [0.1, 0.15) is 5.56 Å². The van der Waals surface area contributed by atoms with E-state index in [9.17, 15) is 33.0 Å². The third kappa shape index (κ3) is 7.10. The number of aliphatic hydroxyl groups is 1. The Kier molecular flexibility index (Phi) is 9.36. The summed E-state index contributed by atoms with van der Waals surface area (Å²) in [5.74, 6) is -0.141. The van der Waals surface area contributed by atoms with E-state index in [4.69, 9.17) is 11.6 Å². The fourth-order valence-electron chi connectivity index (χ4n) is 4.56. The van der Waals surface area contributed by atoms with Crippen molar-refractivity contribution in [3.05, 3.63) is 57.3 Å². The van der Waals surface area contributed by atoms with E-state index in [0.717, 1.165) is 23.9 Å². The predicted molar refractivity (Wildman–Crippen MR) is 150 cm³/mol. The molecule has 3 N–H and O–H groups in total. The van der Waals surface area contributed by atoms with Gasteiger partial charge in [-0.05, 0) is 36.4 Å². The molecule has 1 saturated heterocycles. The summed E-state index contributed by atoms with van der Waals surface area (Å²) in [6.45, 7) is 3.30. The number of phenolic OH excluding ortho intramolecular Hbond substituents is 1. The summed E-state index contributed by atoms with van der Waals surface area (Å²) in [6, 6.07) is 7.14. The molecule has 1 unspecified atom stereocenters. The third-order valence-electron chi connectivity index (χ3n) is 6.74. The number of hydrogen-bond acceptors (Lipinski definition) is 7. The number of carbonyl (C=O) groups is 1. The van der Waals surface area contributed by atoms with Crippen molar-refractivity contribution in [3.8, 4) is 16.9 Å². The number of alkyl halides is 3. The van der Waals surface area contributed by atoms with Gasteiger partial charge in [0, 0.05) is 79.6 Å². The molecule has 3 aromatic rings. The van der Waals surface area contributed by atoms with Crippen molar-refractivity contribution in [2.75, 3.05) is 59.1 Å². The molecule has 1 aliphatic heterocycles. The lowest BCUT2D eigenvalue weighted by Gasteiger charge is -2.35. The number of carbonyl (C=O) groups excluding carboxylic acids is 1. The first-order valence-electron chi connectivity index (χ1n) is 12.6. The first kappa shape index (κ1) is 30.2. The molecule has 0 radical (unpaired) electrons. The molecule has 0 spiro atoms. The summed E-state index contributed by atoms with van der Waals surface area (Å²) in [6.07, 6.45) is -5.47. The number of thioether (sulfide) groups is 1. The summed E-state index contributed by atoms with van der Waals surface area (Å²) in [4.78, 5) is 33.4. The number of β-amino-alcohol motifs (C(OH)–C–C–N with tert-alkyl or cyclic N) is 1. The molecule has 0 aliphatic carbocycles. The highest BCUT2D eigenvalue weighted by molar-refractivity contribution is 7.99. The number of aromatic nitrogens is 1. The first-order valence-corrected chi connectivity index (χ1v) is 13.9. The Hall–Kier alpha value is -2.77. The average Bonchev–Trinajstić information content (AvgIpc) is 2.89. The number of halogens is 4. The second kappa shape index (κ2) is 12.4. The Morgan fingerprint density at radius 3 is 2.45 bits per heavy atom. The predicted octanol–water partition coefficient (Wildman–Crippen LogP) is 3.73. The molecular formula is C27H30ClF3N4O4S. The summed E-state index contributed by atoms with van der Waals surface area (Å²) >= 11 is 7.15. The van der Waals surface area contributed by atoms with Gasteiger partial charge in [0.1, 0.15) is 5.75 Å². The third-order valence-corrected chi connectivity index (χ3v) is 8.20. The van der Waals surface area contributed by atoms with Crippen LogP contribution in [0.3, 0.4) is 0 Å². The number of hydrogen-bond donors (Lipinski definition) is 3. The molecule has 1 aliphatic rings. The van der Waals surface area contributed by atoms with Crippen LogP contribution in [0.2, 0.25) is 5.02 Å². The Bertz CT molecular complexity index is 1440. The molecule has 0 saturated carbocycles. The van der Waals surface area contributed by atoms with Crippen LogP contribution in [0, 0.1) is 0 Å². The number of aliphatic hydroxyl groups excluding tert-OH is 1. The maximum Gasteiger partial charge on any atom is 0.416 e. The minimum atomic E-state index is -4.62. The zero-order valence-electron chi connectivity index (χ0n) is 22.0. The molecule has 1 aromatic heterocycles. The van der Waals surface area contributed by atoms with Crippen LogP contribution in [0.25, 0.3) is 22.0 Å². The van der Waals surface area contributed by atoms with Crippen molar-refractivity contribution in [1.29, 1.82) is 0 Å². The van der Waals surface area contributed by atoms with E-state index in [1.165, 1.54) is 24.3 Å². The fourth-order valence-corrected chi connectivity index (χ4v) is 5.74. The van der Waals surface area contributed by atoms with E-state index < -0.39 is 23.4 Å². The van der Waals surface area contributed by atoms with E-state index >= 15 is 0 Å². The molecule has 0 bridgehead atoms. The Labute approximate surface area is 238 Å². The maximum atomic E-state index is 13.6. The minimum Gasteiger partial charge on any atom is -0.507 e. The summed E-state index contributed by atoms with van der Waals surface area (Å²) in [5.41, 5.74) is -1.07. The van der Waals surface area contributed by atoms with Gasteiger partial charge >= 0.3 is 6.18 Å². The zero-order chi connectivity index (χ0) is 29.2. The van der Waals surface area contributed by atoms with Crippen molar-refractivity contribution in [1.82, 2.24) is 19.7 Å². The number of likely N-dealkylation sites (N-methyl/N-ethyl adjacent to an activating group) is 1. The summed E-state index contributed by atoms with van der Waals surface area (Å²) in [5, 5.41) is 21.7. The Balaban J connectivity index is 1.57. The van der Waals surface area contributed by atoms with Gasteiger partial charge in [-0.1, -0.05) is 11.6 Å². The van der Waals surface area contributed by atoms with Crippen LogP contribution in [0.15, 0.2) is 46.1 Å². The monoisotopic (exact) mass is 598 g/mol. The number of H-pyrrole nitrogens is 1. The van der Waals surface area contributed by atoms with Crippen LogP contribution in [-0.2, 0) is 11.0 Å². The number of rotatable bonds is 8. The van der Waals surface area contributed by atoms with Gasteiger partial charge < -0.3 is 20.1 Å². The fraction of sp³-hybridized carbons (Fsp3) is 0.407. The van der Waals surface area contributed by atoms with Crippen LogP contribution in [0.5, 0.6) is 5.75 Å². The molecule has 40 heavy (non-hydrogen) atoms. The molecule has 1 atom stereocenters. The summed E-state index contributed by atoms with van der Waals surface area (Å²) < 4.78 is 40.7. The number of phenols is 1. The Morgan fingerprint density at radius 2 is 1.80 bits per heavy atom. The molecule has 8 nitrogen and oxygen atoms in total. The van der Waals surface area contributed by atoms with Gasteiger partial charge in [0.15, 0.2) is 0 Å². The van der Waals surface area contributed by atoms with Crippen LogP contribution in [0.4, 0.5) is 13.2 Å². The van der Waals surface area contributed by atoms with E-state index in [1.54, 1.807) is 19.0 Å². The molecular weight excluding hydrogens is 569 g/mol. The van der Waals surface area contributed by atoms with Gasteiger partial charge in [-0.2, -0.15) is 13.2 Å². The maximum absolute atomic E-state index is 13.6. The van der Waals surface area contributed by atoms with Crippen molar-refractivity contribution in [3.63, 3.8) is 0 Å². The minimum absolute atomic E-state index is 0.0226. The topological polar surface area (TPSA) is 100 Å². The van der Waals surface area contributed by atoms with E-state index in [-0.39, 0.29) is 49.4 Å². The van der Waals surface area contributed by atoms with Crippen LogP contribution < -0.4 is 5.56 Å². The molecule has 1 fully saturated rings. The summed E-state index contributed by atoms with van der Waals surface area (Å²) in [7, 11) is 3.42. The molecule has 2 aromatic carbocycles. The molecule has 2 heterocycles. The lowest BCUT2D eigenvalue weighted by atomic mass is 9.98. The molecule has 216 valence electrons. The van der Waals surface area contributed by atoms with E-state index in [2.05, 4.69) is 9.88 Å². The van der Waals surface area contributed by atoms with Crippen molar-refractivity contribution in [2.45, 2.75) is 17.2 Å². The van der Waals surface area contributed by atoms with Crippen molar-refractivity contribution >= 4 is 40.2 Å². The number of nitrogens with one attached hydrogen (secondary N) is 1. The second-order valence-electron chi connectivity index (χ2n) is 9.91. The number of fused-ring (bicyclic) bond motifs is 1. The molecule has 13 heteroatoms. The van der Waals surface area contributed by atoms with Gasteiger partial charge in [-0.25, -0.2) is 0 Å². The van der Waals surface area contributed by atoms with Gasteiger partial charge in [-0.3, -0.25) is 19.4 Å². The SMILES string of the molecule is CN(C)C(=O)CN1CCN(CC(O)CSc2c(-c3cc(Cl)ccc3O)c3cc(C(F)(F)F)ccc3[nH]c2=O)CC1. The van der Waals surface area contributed by atoms with Gasteiger partial charge in [0.2, 0.25) is 5.91 Å². The van der Waals surface area contributed by atoms with E-state index in [1.807, 2.05) is 4.90 Å². The largest absolute Gasteiger partial charge is 0.507 e. The number of nitrogens with zero attached hydrogens (tertiary/aromatic N) is 3. The Morgan fingerprint density at radius 1 is 1.12 bits per heavy atom. The second-order valence-corrected chi connectivity index (χ2v) is 11.4. The standard InChI is InChI=1S/C27H30ClF3N4O4S/c1-33(2)23(38)14-35-9-7-34(8-10-35)13-18(36)15-40-25-24(20-12-17(28)4-6-22(20)37)19-11-16(27(29,30)31)3-5-21(19)32-26(25)39/h3-6,11-12,18,36-37H,7-10,13-15H2,1-2H3,(H,32,39). The van der Waals surface area contributed by atoms with Gasteiger partial charge in [0.25, 0.3) is 5.56 Å². The number of aromatic amines is 1. The van der Waals surface area contributed by atoms with Gasteiger partial charge in [0.05, 0.1) is 23.1 Å². The van der Waals surface area contributed by atoms with Crippen molar-refractivity contribution in [2.24, 2.45) is 0 Å². The number of pyridine rings is 1. The number of aromatic hydroxyl groups is 1. The van der Waals surface area contributed by atoms with Gasteiger partial charge in [-0.15, -0.1) is 11.8 Å². The number of benzene rings is 2. The normalized spacial score (nSPS) is 15.9. The highest BCUT2D eigenvalue weighted by atomic mass is 35.5. The lowest BCUT2D eigenvalue weighted by molar-refractivity contribution is -0.137. The van der Waals surface area contributed by atoms with E-state index in [0.29, 0.717) is 39.3 Å².